The fourth-order valence-electron chi connectivity index (χ4n) is 1.70. The Morgan fingerprint density at radius 1 is 1.38 bits per heavy atom. The molecular weight excluding hydrogens is 162 g/mol. The average Bonchev–Trinajstić information content (AvgIpc) is 2.14. The highest BCUT2D eigenvalue weighted by atomic mass is 16.3. The molecule has 0 aliphatic heterocycles. The lowest BCUT2D eigenvalue weighted by molar-refractivity contribution is -0.0280. The normalized spacial score (nSPS) is 17.5. The molecule has 0 aliphatic rings. The molecule has 2 unspecified atom stereocenters. The third-order valence-electron chi connectivity index (χ3n) is 2.88. The molecule has 0 heterocycles. The third kappa shape index (κ3) is 3.78. The predicted molar refractivity (Wildman–Crippen MR) is 54.2 cm³/mol. The van der Waals surface area contributed by atoms with Crippen molar-refractivity contribution in [1.82, 2.24) is 0 Å². The lowest BCUT2D eigenvalue weighted by Gasteiger charge is -2.33. The van der Waals surface area contributed by atoms with E-state index in [0.29, 0.717) is 18.8 Å². The Bertz CT molecular complexity index is 173. The molecule has 76 valence electrons. The lowest BCUT2D eigenvalue weighted by Crippen LogP contribution is -2.35. The van der Waals surface area contributed by atoms with Gasteiger partial charge in [0.05, 0.1) is 11.7 Å². The van der Waals surface area contributed by atoms with Crippen molar-refractivity contribution in [3.05, 3.63) is 0 Å². The van der Waals surface area contributed by atoms with Crippen LogP contribution in [0.4, 0.5) is 0 Å². The highest BCUT2D eigenvalue weighted by Gasteiger charge is 2.30. The summed E-state index contributed by atoms with van der Waals surface area (Å²) < 4.78 is 0. The van der Waals surface area contributed by atoms with Crippen LogP contribution in [0.15, 0.2) is 0 Å². The lowest BCUT2D eigenvalue weighted by atomic mass is 9.80. The number of nitriles is 1. The molecule has 0 aromatic carbocycles. The van der Waals surface area contributed by atoms with Crippen molar-refractivity contribution in [2.75, 3.05) is 0 Å². The molecule has 0 spiro atoms. The van der Waals surface area contributed by atoms with Gasteiger partial charge >= 0.3 is 0 Å². The second-order valence-corrected chi connectivity index (χ2v) is 3.82. The molecule has 13 heavy (non-hydrogen) atoms. The first-order valence-electron chi connectivity index (χ1n) is 5.20. The van der Waals surface area contributed by atoms with Gasteiger partial charge in [-0.25, -0.2) is 0 Å². The van der Waals surface area contributed by atoms with E-state index in [4.69, 9.17) is 5.26 Å². The molecule has 0 saturated carbocycles. The van der Waals surface area contributed by atoms with E-state index >= 15 is 0 Å². The van der Waals surface area contributed by atoms with Gasteiger partial charge < -0.3 is 5.11 Å². The zero-order chi connectivity index (χ0) is 10.3. The maximum atomic E-state index is 10.3. The Kier molecular flexibility index (Phi) is 5.73. The Morgan fingerprint density at radius 2 is 2.00 bits per heavy atom. The summed E-state index contributed by atoms with van der Waals surface area (Å²) in [5.74, 6) is 0.292. The fraction of sp³-hybridized carbons (Fsp3) is 0.909. The van der Waals surface area contributed by atoms with Crippen LogP contribution in [0, 0.1) is 17.2 Å². The Labute approximate surface area is 81.6 Å². The van der Waals surface area contributed by atoms with Gasteiger partial charge in [-0.3, -0.25) is 0 Å². The van der Waals surface area contributed by atoms with Gasteiger partial charge in [0.1, 0.15) is 0 Å². The number of aliphatic hydroxyl groups is 1. The van der Waals surface area contributed by atoms with Crippen molar-refractivity contribution in [3.8, 4) is 6.07 Å². The second kappa shape index (κ2) is 5.99. The van der Waals surface area contributed by atoms with E-state index < -0.39 is 5.60 Å². The van der Waals surface area contributed by atoms with Crippen LogP contribution in [0.2, 0.25) is 0 Å². The topological polar surface area (TPSA) is 44.0 Å². The van der Waals surface area contributed by atoms with Gasteiger partial charge in [-0.1, -0.05) is 33.6 Å². The summed E-state index contributed by atoms with van der Waals surface area (Å²) in [6, 6.07) is 2.10. The van der Waals surface area contributed by atoms with Crippen LogP contribution in [0.25, 0.3) is 0 Å². The Hall–Kier alpha value is -0.550. The monoisotopic (exact) mass is 183 g/mol. The Morgan fingerprint density at radius 3 is 2.38 bits per heavy atom. The molecule has 0 bridgehead atoms. The van der Waals surface area contributed by atoms with Crippen molar-refractivity contribution in [2.24, 2.45) is 5.92 Å². The average molecular weight is 183 g/mol. The van der Waals surface area contributed by atoms with Crippen molar-refractivity contribution in [1.29, 1.82) is 5.26 Å². The maximum absolute atomic E-state index is 10.3. The molecule has 0 fully saturated rings. The molecule has 0 saturated heterocycles. The van der Waals surface area contributed by atoms with Gasteiger partial charge in [0.15, 0.2) is 0 Å². The van der Waals surface area contributed by atoms with E-state index in [0.717, 1.165) is 19.3 Å². The van der Waals surface area contributed by atoms with Crippen LogP contribution in [0.3, 0.4) is 0 Å². The number of hydrogen-bond donors (Lipinski definition) is 1. The molecule has 0 aliphatic carbocycles. The molecule has 0 radical (unpaired) electrons. The smallest absolute Gasteiger partial charge is 0.0682 e. The molecule has 2 nitrogen and oxygen atoms in total. The fourth-order valence-corrected chi connectivity index (χ4v) is 1.70. The summed E-state index contributed by atoms with van der Waals surface area (Å²) in [4.78, 5) is 0. The minimum Gasteiger partial charge on any atom is -0.390 e. The molecular formula is C11H21NO. The van der Waals surface area contributed by atoms with Crippen LogP contribution in [-0.2, 0) is 0 Å². The number of nitrogens with zero attached hydrogens (tertiary/aromatic N) is 1. The third-order valence-corrected chi connectivity index (χ3v) is 2.88. The van der Waals surface area contributed by atoms with E-state index in [2.05, 4.69) is 26.8 Å². The molecule has 1 N–H and O–H groups in total. The second-order valence-electron chi connectivity index (χ2n) is 3.82. The van der Waals surface area contributed by atoms with Gasteiger partial charge in [-0.15, -0.1) is 0 Å². The summed E-state index contributed by atoms with van der Waals surface area (Å²) >= 11 is 0. The minimum atomic E-state index is -0.612. The molecule has 0 aromatic rings. The Balaban J connectivity index is 4.24. The maximum Gasteiger partial charge on any atom is 0.0682 e. The molecule has 0 aromatic heterocycles. The van der Waals surface area contributed by atoms with Gasteiger partial charge in [0, 0.05) is 6.42 Å². The highest BCUT2D eigenvalue weighted by Crippen LogP contribution is 2.30. The first kappa shape index (κ1) is 12.4. The molecule has 0 amide bonds. The van der Waals surface area contributed by atoms with Crippen LogP contribution >= 0.6 is 0 Å². The quantitative estimate of drug-likeness (QED) is 0.688. The van der Waals surface area contributed by atoms with Crippen molar-refractivity contribution in [3.63, 3.8) is 0 Å². The van der Waals surface area contributed by atoms with Crippen LogP contribution in [0.1, 0.15) is 52.9 Å². The van der Waals surface area contributed by atoms with Gasteiger partial charge in [0.25, 0.3) is 0 Å². The van der Waals surface area contributed by atoms with E-state index in [1.807, 2.05) is 0 Å². The summed E-state index contributed by atoms with van der Waals surface area (Å²) in [7, 11) is 0. The van der Waals surface area contributed by atoms with Crippen LogP contribution < -0.4 is 0 Å². The zero-order valence-electron chi connectivity index (χ0n) is 9.01. The van der Waals surface area contributed by atoms with Crippen LogP contribution in [0.5, 0.6) is 0 Å². The summed E-state index contributed by atoms with van der Waals surface area (Å²) in [6.07, 6.45) is 3.84. The van der Waals surface area contributed by atoms with E-state index in [-0.39, 0.29) is 0 Å². The SMILES string of the molecule is CCCC(O)(CCC#N)C(C)CC. The molecule has 2 atom stereocenters. The minimum absolute atomic E-state index is 0.292. The zero-order valence-corrected chi connectivity index (χ0v) is 9.01. The number of hydrogen-bond acceptors (Lipinski definition) is 2. The van der Waals surface area contributed by atoms with E-state index in [9.17, 15) is 5.11 Å². The molecule has 0 rings (SSSR count). The predicted octanol–water partition coefficient (Wildman–Crippen LogP) is 2.87. The summed E-state index contributed by atoms with van der Waals surface area (Å²) in [5, 5.41) is 18.8. The summed E-state index contributed by atoms with van der Waals surface area (Å²) in [5.41, 5.74) is -0.612. The molecule has 2 heteroatoms. The van der Waals surface area contributed by atoms with Crippen molar-refractivity contribution >= 4 is 0 Å². The van der Waals surface area contributed by atoms with E-state index in [1.54, 1.807) is 0 Å². The van der Waals surface area contributed by atoms with Gasteiger partial charge in [0.2, 0.25) is 0 Å². The van der Waals surface area contributed by atoms with Gasteiger partial charge in [-0.05, 0) is 18.8 Å². The van der Waals surface area contributed by atoms with Gasteiger partial charge in [-0.2, -0.15) is 5.26 Å². The first-order valence-corrected chi connectivity index (χ1v) is 5.20. The van der Waals surface area contributed by atoms with Crippen LogP contribution in [-0.4, -0.2) is 10.7 Å². The van der Waals surface area contributed by atoms with Crippen molar-refractivity contribution < 1.29 is 5.11 Å². The summed E-state index contributed by atoms with van der Waals surface area (Å²) in [6.45, 7) is 6.21. The largest absolute Gasteiger partial charge is 0.390 e. The first-order chi connectivity index (χ1) is 6.10. The van der Waals surface area contributed by atoms with Crippen molar-refractivity contribution in [2.45, 2.75) is 58.5 Å². The van der Waals surface area contributed by atoms with E-state index in [1.165, 1.54) is 0 Å². The highest BCUT2D eigenvalue weighted by molar-refractivity contribution is 4.86. The standard InChI is InChI=1S/C11H21NO/c1-4-7-11(13,8-6-9-12)10(3)5-2/h10,13H,4-8H2,1-3H3. The number of rotatable bonds is 6.